The first kappa shape index (κ1) is 38.7. The van der Waals surface area contributed by atoms with Gasteiger partial charge in [0.1, 0.15) is 17.0 Å². The zero-order valence-corrected chi connectivity index (χ0v) is 37.8. The summed E-state index contributed by atoms with van der Waals surface area (Å²) < 4.78 is 8.62. The maximum atomic E-state index is 6.24. The van der Waals surface area contributed by atoms with Crippen molar-refractivity contribution in [3.05, 3.63) is 237 Å². The van der Waals surface area contributed by atoms with Crippen LogP contribution in [0.25, 0.3) is 148 Å². The normalized spacial score (nSPS) is 12.0. The molecule has 0 spiro atoms. The predicted octanol–water partition coefficient (Wildman–Crippen LogP) is 17.9. The third-order valence-corrected chi connectivity index (χ3v) is 14.5. The van der Waals surface area contributed by atoms with Gasteiger partial charge >= 0.3 is 0 Å². The summed E-state index contributed by atoms with van der Waals surface area (Å²) in [6.07, 6.45) is 0. The Hall–Kier alpha value is -9.38. The number of nitrogens with zero attached hydrogens (tertiary/aromatic N) is 3. The topological polar surface area (TPSA) is 43.9 Å². The zero-order valence-electron chi connectivity index (χ0n) is 37.8. The number of aromatic nitrogens is 3. The molecule has 4 heteroatoms. The molecule has 0 saturated carbocycles. The number of hydrogen-bond donors (Lipinski definition) is 0. The first-order valence-corrected chi connectivity index (χ1v) is 23.9. The molecule has 0 radical (unpaired) electrons. The number of fused-ring (bicyclic) bond motifs is 14. The summed E-state index contributed by atoms with van der Waals surface area (Å²) in [6.45, 7) is 0. The zero-order chi connectivity index (χ0) is 45.9. The molecule has 0 saturated heterocycles. The van der Waals surface area contributed by atoms with Crippen LogP contribution < -0.4 is 0 Å². The standard InChI is InChI=1S/C66H39N3O/c1-2-12-40(13-3-1)45-27-30-61-57(35-45)58-37-55-54-34-46(47-28-31-64-59(36-47)53-20-10-11-21-63(53)70-64)26-29-52(54)50-18-8-9-19-51(50)56(55)38-62(58)69(61)65-39-60(48-24-22-41-14-4-6-16-43(41)32-48)67-66(68-65)49-25-23-42-15-5-7-17-44(42)33-49/h1-39H. The van der Waals surface area contributed by atoms with E-state index in [2.05, 4.69) is 229 Å². The SMILES string of the molecule is c1ccc(-c2ccc3c(c2)c2cc4c5cc(-c6ccc7oc8ccccc8c7c6)ccc5c5ccccc5c4cc2n3-c2cc(-c3ccc4ccccc4c3)nc(-c3ccc4ccccc4c3)n2)cc1. The highest BCUT2D eigenvalue weighted by Gasteiger charge is 2.21. The van der Waals surface area contributed by atoms with Crippen LogP contribution in [0.4, 0.5) is 0 Å². The van der Waals surface area contributed by atoms with Crippen LogP contribution in [0.1, 0.15) is 0 Å². The van der Waals surface area contributed by atoms with Gasteiger partial charge in [0.15, 0.2) is 5.82 Å². The highest BCUT2D eigenvalue weighted by atomic mass is 16.3. The Morgan fingerprint density at radius 1 is 0.271 bits per heavy atom. The lowest BCUT2D eigenvalue weighted by atomic mass is 9.91. The molecular formula is C66H39N3O. The summed E-state index contributed by atoms with van der Waals surface area (Å²) in [4.78, 5) is 10.9. The molecule has 0 fully saturated rings. The Balaban J connectivity index is 1.03. The van der Waals surface area contributed by atoms with Crippen molar-refractivity contribution in [1.82, 2.24) is 14.5 Å². The van der Waals surface area contributed by atoms with Gasteiger partial charge in [-0.2, -0.15) is 0 Å². The summed E-state index contributed by atoms with van der Waals surface area (Å²) in [5.41, 5.74) is 11.5. The highest BCUT2D eigenvalue weighted by molar-refractivity contribution is 6.29. The van der Waals surface area contributed by atoms with Crippen molar-refractivity contribution in [1.29, 1.82) is 0 Å². The predicted molar refractivity (Wildman–Crippen MR) is 293 cm³/mol. The summed E-state index contributed by atoms with van der Waals surface area (Å²) in [6, 6.07) is 85.5. The first-order chi connectivity index (χ1) is 34.6. The minimum absolute atomic E-state index is 0.675. The molecule has 15 aromatic rings. The molecule has 0 amide bonds. The van der Waals surface area contributed by atoms with E-state index < -0.39 is 0 Å². The number of rotatable bonds is 5. The Bertz CT molecular complexity index is 4560. The van der Waals surface area contributed by atoms with E-state index in [1.807, 2.05) is 12.1 Å². The van der Waals surface area contributed by atoms with Gasteiger partial charge in [-0.1, -0.05) is 170 Å². The van der Waals surface area contributed by atoms with E-state index in [9.17, 15) is 0 Å². The molecule has 15 rings (SSSR count). The Morgan fingerprint density at radius 3 is 1.60 bits per heavy atom. The van der Waals surface area contributed by atoms with Crippen molar-refractivity contribution in [2.24, 2.45) is 0 Å². The van der Waals surface area contributed by atoms with Gasteiger partial charge < -0.3 is 4.42 Å². The van der Waals surface area contributed by atoms with Crippen molar-refractivity contribution in [3.63, 3.8) is 0 Å². The molecule has 0 bridgehead atoms. The minimum atomic E-state index is 0.675. The van der Waals surface area contributed by atoms with E-state index in [0.29, 0.717) is 5.82 Å². The van der Waals surface area contributed by atoms with Crippen LogP contribution in [-0.2, 0) is 0 Å². The monoisotopic (exact) mass is 889 g/mol. The lowest BCUT2D eigenvalue weighted by Gasteiger charge is -2.15. The molecule has 0 aliphatic heterocycles. The highest BCUT2D eigenvalue weighted by Crippen LogP contribution is 2.44. The molecule has 12 aromatic carbocycles. The Kier molecular flexibility index (Phi) is 8.33. The van der Waals surface area contributed by atoms with Gasteiger partial charge in [0.2, 0.25) is 0 Å². The van der Waals surface area contributed by atoms with Gasteiger partial charge in [0.05, 0.1) is 16.7 Å². The fourth-order valence-corrected chi connectivity index (χ4v) is 11.1. The van der Waals surface area contributed by atoms with Gasteiger partial charge in [-0.05, 0) is 137 Å². The van der Waals surface area contributed by atoms with Crippen molar-refractivity contribution < 1.29 is 4.42 Å². The average Bonchev–Trinajstić information content (AvgIpc) is 3.97. The maximum absolute atomic E-state index is 6.24. The quantitative estimate of drug-likeness (QED) is 0.162. The van der Waals surface area contributed by atoms with Gasteiger partial charge in [-0.3, -0.25) is 4.57 Å². The molecule has 3 heterocycles. The van der Waals surface area contributed by atoms with Crippen LogP contribution in [0.15, 0.2) is 241 Å². The number of para-hydroxylation sites is 1. The molecule has 4 nitrogen and oxygen atoms in total. The summed E-state index contributed by atoms with van der Waals surface area (Å²) >= 11 is 0. The molecule has 0 N–H and O–H groups in total. The van der Waals surface area contributed by atoms with E-state index >= 15 is 0 Å². The molecule has 0 unspecified atom stereocenters. The fourth-order valence-electron chi connectivity index (χ4n) is 11.1. The van der Waals surface area contributed by atoms with Gasteiger partial charge in [-0.25, -0.2) is 9.97 Å². The van der Waals surface area contributed by atoms with E-state index in [1.165, 1.54) is 54.0 Å². The second-order valence-electron chi connectivity index (χ2n) is 18.5. The second kappa shape index (κ2) is 15.1. The van der Waals surface area contributed by atoms with E-state index in [-0.39, 0.29) is 0 Å². The first-order valence-electron chi connectivity index (χ1n) is 23.9. The van der Waals surface area contributed by atoms with Crippen LogP contribution in [0.2, 0.25) is 0 Å². The van der Waals surface area contributed by atoms with Crippen LogP contribution in [0.5, 0.6) is 0 Å². The Labute approximate surface area is 402 Å². The van der Waals surface area contributed by atoms with Crippen molar-refractivity contribution >= 4 is 97.6 Å². The lowest BCUT2D eigenvalue weighted by molar-refractivity contribution is 0.669. The molecule has 3 aromatic heterocycles. The van der Waals surface area contributed by atoms with E-state index in [0.717, 1.165) is 88.5 Å². The average molecular weight is 890 g/mol. The fraction of sp³-hybridized carbons (Fsp3) is 0. The van der Waals surface area contributed by atoms with Gasteiger partial charge in [0.25, 0.3) is 0 Å². The summed E-state index contributed by atoms with van der Waals surface area (Å²) in [5, 5.41) is 16.5. The molecule has 0 aliphatic rings. The number of hydrogen-bond acceptors (Lipinski definition) is 3. The minimum Gasteiger partial charge on any atom is -0.456 e. The summed E-state index contributed by atoms with van der Waals surface area (Å²) in [5.74, 6) is 1.48. The lowest BCUT2D eigenvalue weighted by Crippen LogP contribution is -2.02. The van der Waals surface area contributed by atoms with E-state index in [4.69, 9.17) is 14.4 Å². The van der Waals surface area contributed by atoms with Crippen LogP contribution in [-0.4, -0.2) is 14.5 Å². The molecule has 0 aliphatic carbocycles. The third-order valence-electron chi connectivity index (χ3n) is 14.5. The third kappa shape index (κ3) is 6.03. The van der Waals surface area contributed by atoms with Crippen LogP contribution in [0, 0.1) is 0 Å². The summed E-state index contributed by atoms with van der Waals surface area (Å²) in [7, 11) is 0. The molecule has 70 heavy (non-hydrogen) atoms. The largest absolute Gasteiger partial charge is 0.456 e. The number of benzene rings is 12. The van der Waals surface area contributed by atoms with Crippen molar-refractivity contribution in [3.8, 4) is 50.7 Å². The van der Waals surface area contributed by atoms with Gasteiger partial charge in [0, 0.05) is 38.7 Å². The molecule has 0 atom stereocenters. The van der Waals surface area contributed by atoms with Gasteiger partial charge in [-0.15, -0.1) is 0 Å². The Morgan fingerprint density at radius 2 is 0.800 bits per heavy atom. The molecular weight excluding hydrogens is 851 g/mol. The molecule has 324 valence electrons. The number of furan rings is 1. The van der Waals surface area contributed by atoms with Crippen LogP contribution in [0.3, 0.4) is 0 Å². The smallest absolute Gasteiger partial charge is 0.162 e. The van der Waals surface area contributed by atoms with Crippen molar-refractivity contribution in [2.45, 2.75) is 0 Å². The van der Waals surface area contributed by atoms with E-state index in [1.54, 1.807) is 0 Å². The maximum Gasteiger partial charge on any atom is 0.162 e. The van der Waals surface area contributed by atoms with Crippen molar-refractivity contribution in [2.75, 3.05) is 0 Å². The second-order valence-corrected chi connectivity index (χ2v) is 18.5. The van der Waals surface area contributed by atoms with Crippen LogP contribution >= 0.6 is 0 Å².